The first-order valence-corrected chi connectivity index (χ1v) is 16.9. The second-order valence-electron chi connectivity index (χ2n) is 11.9. The Morgan fingerprint density at radius 1 is 1.00 bits per heavy atom. The number of halogens is 2. The predicted molar refractivity (Wildman–Crippen MR) is 168 cm³/mol. The molecule has 3 aromatic carbocycles. The highest BCUT2D eigenvalue weighted by atomic mass is 35.5. The molecule has 2 atom stereocenters. The second-order valence-corrected chi connectivity index (χ2v) is 16.6. The molecule has 5 rings (SSSR count). The average Bonchev–Trinajstić information content (AvgIpc) is 3.43. The number of carbonyl (C=O) groups excluding carboxylic acids is 1. The number of carbonyl (C=O) groups is 1. The molecule has 1 aliphatic rings. The first-order valence-electron chi connectivity index (χ1n) is 14.7. The van der Waals surface area contributed by atoms with E-state index in [1.54, 1.807) is 29.8 Å². The fourth-order valence-corrected chi connectivity index (χ4v) is 11.2. The highest BCUT2D eigenvalue weighted by Gasteiger charge is 2.51. The lowest BCUT2D eigenvalue weighted by Gasteiger charge is -2.46. The number of benzene rings is 3. The summed E-state index contributed by atoms with van der Waals surface area (Å²) in [5.41, 5.74) is 0.414. The summed E-state index contributed by atoms with van der Waals surface area (Å²) in [5.74, 6) is -0.515. The van der Waals surface area contributed by atoms with Crippen LogP contribution in [0.2, 0.25) is 10.1 Å². The zero-order valence-electron chi connectivity index (χ0n) is 24.6. The smallest absolute Gasteiger partial charge is 0.358 e. The van der Waals surface area contributed by atoms with Gasteiger partial charge in [-0.2, -0.15) is 0 Å². The van der Waals surface area contributed by atoms with Crippen LogP contribution in [0, 0.1) is 5.82 Å². The van der Waals surface area contributed by atoms with Crippen molar-refractivity contribution in [2.45, 2.75) is 70.4 Å². The minimum absolute atomic E-state index is 0.0152. The van der Waals surface area contributed by atoms with Gasteiger partial charge < -0.3 is 9.16 Å². The first kappa shape index (κ1) is 30.2. The van der Waals surface area contributed by atoms with Crippen molar-refractivity contribution in [1.29, 1.82) is 0 Å². The van der Waals surface area contributed by atoms with E-state index < -0.39 is 20.1 Å². The normalized spacial score (nSPS) is 17.7. The van der Waals surface area contributed by atoms with E-state index in [1.165, 1.54) is 16.4 Å². The van der Waals surface area contributed by atoms with Crippen LogP contribution in [0.15, 0.2) is 85.1 Å². The second kappa shape index (κ2) is 12.5. The van der Waals surface area contributed by atoms with E-state index in [9.17, 15) is 4.79 Å². The molecule has 1 heterocycles. The third-order valence-corrected chi connectivity index (χ3v) is 13.5. The SMILES string of the molecule is CCOC(=O)c1cn(-c2cccc(Cl)c2F)c(C2CCCC(O[Si](c3ccccc3)(c3ccccc3)C(C)(C)C)C2)n1. The van der Waals surface area contributed by atoms with Crippen molar-refractivity contribution in [3.8, 4) is 5.69 Å². The van der Waals surface area contributed by atoms with Crippen molar-refractivity contribution in [3.63, 3.8) is 0 Å². The maximum Gasteiger partial charge on any atom is 0.358 e. The molecule has 0 N–H and O–H groups in total. The maximum absolute atomic E-state index is 15.3. The lowest BCUT2D eigenvalue weighted by molar-refractivity contribution is 0.0519. The van der Waals surface area contributed by atoms with E-state index in [0.29, 0.717) is 12.2 Å². The minimum atomic E-state index is -2.76. The van der Waals surface area contributed by atoms with Crippen LogP contribution in [0.5, 0.6) is 0 Å². The van der Waals surface area contributed by atoms with Crippen molar-refractivity contribution in [3.05, 3.63) is 107 Å². The van der Waals surface area contributed by atoms with E-state index in [2.05, 4.69) is 69.3 Å². The fraction of sp³-hybridized carbons (Fsp3) is 0.353. The molecule has 4 aromatic rings. The molecular formula is C34H38ClFN2O3Si. The van der Waals surface area contributed by atoms with Gasteiger partial charge in [0, 0.05) is 18.2 Å². The number of esters is 1. The molecule has 0 amide bonds. The lowest BCUT2D eigenvalue weighted by Crippen LogP contribution is -2.67. The van der Waals surface area contributed by atoms with E-state index >= 15 is 4.39 Å². The van der Waals surface area contributed by atoms with Gasteiger partial charge in [0.05, 0.1) is 17.3 Å². The monoisotopic (exact) mass is 604 g/mol. The van der Waals surface area contributed by atoms with Crippen LogP contribution >= 0.6 is 11.6 Å². The molecule has 2 unspecified atom stereocenters. The van der Waals surface area contributed by atoms with Crippen LogP contribution < -0.4 is 10.4 Å². The first-order chi connectivity index (χ1) is 20.2. The van der Waals surface area contributed by atoms with Gasteiger partial charge in [-0.25, -0.2) is 14.2 Å². The van der Waals surface area contributed by atoms with Gasteiger partial charge in [0.1, 0.15) is 5.82 Å². The summed E-state index contributed by atoms with van der Waals surface area (Å²) >= 11 is 6.16. The Morgan fingerprint density at radius 2 is 1.64 bits per heavy atom. The maximum atomic E-state index is 15.3. The molecule has 5 nitrogen and oxygen atoms in total. The zero-order chi connectivity index (χ0) is 29.9. The highest BCUT2D eigenvalue weighted by molar-refractivity contribution is 6.99. The van der Waals surface area contributed by atoms with Crippen LogP contribution in [-0.4, -0.2) is 36.5 Å². The van der Waals surface area contributed by atoms with Crippen LogP contribution in [0.1, 0.15) is 75.6 Å². The fourth-order valence-electron chi connectivity index (χ4n) is 6.29. The largest absolute Gasteiger partial charge is 0.461 e. The Bertz CT molecular complexity index is 1480. The summed E-state index contributed by atoms with van der Waals surface area (Å²) in [6.45, 7) is 8.81. The molecule has 0 aliphatic heterocycles. The van der Waals surface area contributed by atoms with Crippen LogP contribution in [0.4, 0.5) is 4.39 Å². The number of rotatable bonds is 8. The van der Waals surface area contributed by atoms with Crippen LogP contribution in [0.3, 0.4) is 0 Å². The molecule has 1 saturated carbocycles. The quantitative estimate of drug-likeness (QED) is 0.155. The van der Waals surface area contributed by atoms with Gasteiger partial charge in [-0.1, -0.05) is 106 Å². The summed E-state index contributed by atoms with van der Waals surface area (Å²) in [6, 6.07) is 26.1. The van der Waals surface area contributed by atoms with Gasteiger partial charge in [0.25, 0.3) is 8.32 Å². The summed E-state index contributed by atoms with van der Waals surface area (Å²) in [7, 11) is -2.76. The van der Waals surface area contributed by atoms with E-state index in [0.717, 1.165) is 19.3 Å². The third kappa shape index (κ3) is 5.83. The van der Waals surface area contributed by atoms with E-state index in [1.807, 2.05) is 12.1 Å². The van der Waals surface area contributed by atoms with E-state index in [-0.39, 0.29) is 40.1 Å². The molecule has 42 heavy (non-hydrogen) atoms. The zero-order valence-corrected chi connectivity index (χ0v) is 26.4. The lowest BCUT2D eigenvalue weighted by atomic mass is 9.86. The molecule has 0 radical (unpaired) electrons. The molecule has 1 fully saturated rings. The van der Waals surface area contributed by atoms with Crippen molar-refractivity contribution in [1.82, 2.24) is 9.55 Å². The van der Waals surface area contributed by atoms with Gasteiger partial charge in [0.15, 0.2) is 11.5 Å². The van der Waals surface area contributed by atoms with Gasteiger partial charge in [0.2, 0.25) is 0 Å². The van der Waals surface area contributed by atoms with Crippen LogP contribution in [-0.2, 0) is 9.16 Å². The van der Waals surface area contributed by atoms with Crippen molar-refractivity contribution in [2.24, 2.45) is 0 Å². The molecule has 1 aromatic heterocycles. The summed E-state index contributed by atoms with van der Waals surface area (Å²) < 4.78 is 29.7. The average molecular weight is 605 g/mol. The molecule has 0 spiro atoms. The third-order valence-electron chi connectivity index (χ3n) is 8.16. The Hall–Kier alpha value is -3.26. The van der Waals surface area contributed by atoms with Crippen LogP contribution in [0.25, 0.3) is 5.69 Å². The topological polar surface area (TPSA) is 53.4 Å². The summed E-state index contributed by atoms with van der Waals surface area (Å²) in [4.78, 5) is 17.4. The predicted octanol–water partition coefficient (Wildman–Crippen LogP) is 7.44. The van der Waals surface area contributed by atoms with Gasteiger partial charge in [-0.15, -0.1) is 0 Å². The number of imidazole rings is 1. The van der Waals surface area contributed by atoms with Crippen molar-refractivity contribution in [2.75, 3.05) is 6.61 Å². The Labute approximate surface area is 253 Å². The van der Waals surface area contributed by atoms with Crippen molar-refractivity contribution >= 4 is 36.3 Å². The highest BCUT2D eigenvalue weighted by Crippen LogP contribution is 2.42. The molecule has 0 saturated heterocycles. The van der Waals surface area contributed by atoms with Crippen molar-refractivity contribution < 1.29 is 18.3 Å². The number of ether oxygens (including phenoxy) is 1. The van der Waals surface area contributed by atoms with E-state index in [4.69, 9.17) is 25.7 Å². The molecule has 1 aliphatic carbocycles. The molecule has 8 heteroatoms. The minimum Gasteiger partial charge on any atom is -0.461 e. The van der Waals surface area contributed by atoms with Gasteiger partial charge >= 0.3 is 5.97 Å². The van der Waals surface area contributed by atoms with Gasteiger partial charge in [-0.3, -0.25) is 4.57 Å². The summed E-state index contributed by atoms with van der Waals surface area (Å²) in [6.07, 6.45) is 4.91. The Morgan fingerprint density at radius 3 is 2.24 bits per heavy atom. The molecule has 0 bridgehead atoms. The Kier molecular flexibility index (Phi) is 9.02. The molecule has 220 valence electrons. The number of hydrogen-bond donors (Lipinski definition) is 0. The molecular weight excluding hydrogens is 567 g/mol. The number of aromatic nitrogens is 2. The van der Waals surface area contributed by atoms with Gasteiger partial charge in [-0.05, 0) is 53.7 Å². The summed E-state index contributed by atoms with van der Waals surface area (Å²) in [5, 5.41) is 2.33. The number of hydrogen-bond acceptors (Lipinski definition) is 4. The number of nitrogens with zero attached hydrogens (tertiary/aromatic N) is 2. The Balaban J connectivity index is 1.56. The standard InChI is InChI=1S/C34H38ClFN2O3Si/c1-5-40-33(39)29-23-38(30-21-13-20-28(35)31(30)36)32(37-29)24-14-12-15-25(22-24)41-42(34(2,3)4,26-16-8-6-9-17-26)27-18-10-7-11-19-27/h6-11,13,16-21,23-25H,5,12,14-15,22H2,1-4H3.